The topological polar surface area (TPSA) is 24.4 Å². The van der Waals surface area contributed by atoms with Crippen molar-refractivity contribution in [2.24, 2.45) is 5.10 Å². The average molecular weight is 203 g/mol. The molecule has 1 N–H and O–H groups in total. The lowest BCUT2D eigenvalue weighted by molar-refractivity contribution is 0.751. The van der Waals surface area contributed by atoms with Gasteiger partial charge in [0.2, 0.25) is 0 Å². The van der Waals surface area contributed by atoms with Crippen molar-refractivity contribution in [3.8, 4) is 0 Å². The zero-order chi connectivity index (χ0) is 8.97. The van der Waals surface area contributed by atoms with Crippen LogP contribution in [0, 0.1) is 0 Å². The van der Waals surface area contributed by atoms with E-state index in [0.29, 0.717) is 16.6 Å². The average Bonchev–Trinajstić information content (AvgIpc) is 1.99. The molecule has 0 radical (unpaired) electrons. The summed E-state index contributed by atoms with van der Waals surface area (Å²) >= 11 is 11.5. The molecule has 0 unspecified atom stereocenters. The maximum absolute atomic E-state index is 5.77. The molecule has 4 heteroatoms. The Morgan fingerprint density at radius 2 is 1.83 bits per heavy atom. The molecule has 0 atom stereocenters. The summed E-state index contributed by atoms with van der Waals surface area (Å²) in [5.41, 5.74) is 3.70. The van der Waals surface area contributed by atoms with Gasteiger partial charge in [-0.2, -0.15) is 5.10 Å². The van der Waals surface area contributed by atoms with Crippen LogP contribution in [0.25, 0.3) is 0 Å². The molecule has 2 nitrogen and oxygen atoms in total. The van der Waals surface area contributed by atoms with Crippen LogP contribution in [0.1, 0.15) is 5.56 Å². The molecular formula is C8H8Cl2N2. The van der Waals surface area contributed by atoms with Crippen LogP contribution < -0.4 is 5.43 Å². The van der Waals surface area contributed by atoms with Crippen molar-refractivity contribution in [1.29, 1.82) is 0 Å². The Labute approximate surface area is 81.2 Å². The summed E-state index contributed by atoms with van der Waals surface area (Å²) in [5, 5.41) is 4.76. The molecule has 0 amide bonds. The van der Waals surface area contributed by atoms with Crippen molar-refractivity contribution in [3.63, 3.8) is 0 Å². The predicted molar refractivity (Wildman–Crippen MR) is 52.9 cm³/mol. The number of rotatable bonds is 3. The molecule has 1 aromatic carbocycles. The van der Waals surface area contributed by atoms with Crippen LogP contribution in [0.4, 0.5) is 0 Å². The second-order valence-electron chi connectivity index (χ2n) is 2.27. The van der Waals surface area contributed by atoms with Crippen molar-refractivity contribution in [2.45, 2.75) is 6.54 Å². The molecule has 0 bridgehead atoms. The van der Waals surface area contributed by atoms with Crippen LogP contribution >= 0.6 is 23.2 Å². The standard InChI is InChI=1S/C8H8Cl2N2/c1-11-12-5-6-2-7(9)4-8(10)3-6/h2-4,12H,1,5H2. The highest BCUT2D eigenvalue weighted by Gasteiger charge is 1.96. The minimum Gasteiger partial charge on any atom is -0.306 e. The van der Waals surface area contributed by atoms with Gasteiger partial charge in [0.15, 0.2) is 0 Å². The Morgan fingerprint density at radius 3 is 2.33 bits per heavy atom. The van der Waals surface area contributed by atoms with Gasteiger partial charge in [-0.15, -0.1) is 0 Å². The third-order valence-electron chi connectivity index (χ3n) is 1.32. The Balaban J connectivity index is 2.78. The minimum absolute atomic E-state index is 0.587. The summed E-state index contributed by atoms with van der Waals surface area (Å²) in [6.45, 7) is 3.88. The van der Waals surface area contributed by atoms with Crippen molar-refractivity contribution < 1.29 is 0 Å². The van der Waals surface area contributed by atoms with Crippen molar-refractivity contribution >= 4 is 29.9 Å². The van der Waals surface area contributed by atoms with Gasteiger partial charge in [0, 0.05) is 16.8 Å². The Hall–Kier alpha value is -0.730. The first-order valence-electron chi connectivity index (χ1n) is 3.36. The number of nitrogens with one attached hydrogen (secondary N) is 1. The van der Waals surface area contributed by atoms with E-state index in [1.54, 1.807) is 6.07 Å². The molecule has 0 aliphatic heterocycles. The molecule has 0 aromatic heterocycles. The highest BCUT2D eigenvalue weighted by atomic mass is 35.5. The fraction of sp³-hybridized carbons (Fsp3) is 0.125. The maximum atomic E-state index is 5.77. The van der Waals surface area contributed by atoms with Gasteiger partial charge in [-0.05, 0) is 23.8 Å². The summed E-state index contributed by atoms with van der Waals surface area (Å²) in [6.07, 6.45) is 0. The second-order valence-corrected chi connectivity index (χ2v) is 3.14. The van der Waals surface area contributed by atoms with Gasteiger partial charge in [0.25, 0.3) is 0 Å². The number of benzene rings is 1. The largest absolute Gasteiger partial charge is 0.306 e. The van der Waals surface area contributed by atoms with Crippen molar-refractivity contribution in [3.05, 3.63) is 33.8 Å². The third-order valence-corrected chi connectivity index (χ3v) is 1.75. The fourth-order valence-corrected chi connectivity index (χ4v) is 1.43. The van der Waals surface area contributed by atoms with Crippen LogP contribution in [-0.2, 0) is 6.54 Å². The van der Waals surface area contributed by atoms with Crippen molar-refractivity contribution in [2.75, 3.05) is 0 Å². The lowest BCUT2D eigenvalue weighted by Gasteiger charge is -2.01. The highest BCUT2D eigenvalue weighted by Crippen LogP contribution is 2.18. The van der Waals surface area contributed by atoms with Gasteiger partial charge in [-0.25, -0.2) is 0 Å². The maximum Gasteiger partial charge on any atom is 0.0580 e. The van der Waals surface area contributed by atoms with Crippen LogP contribution in [0.2, 0.25) is 10.0 Å². The molecule has 12 heavy (non-hydrogen) atoms. The summed E-state index contributed by atoms with van der Waals surface area (Å²) < 4.78 is 0. The molecule has 0 saturated carbocycles. The van der Waals surface area contributed by atoms with E-state index in [-0.39, 0.29) is 0 Å². The van der Waals surface area contributed by atoms with E-state index in [0.717, 1.165) is 5.56 Å². The first-order valence-corrected chi connectivity index (χ1v) is 4.11. The predicted octanol–water partition coefficient (Wildman–Crippen LogP) is 2.70. The zero-order valence-electron chi connectivity index (χ0n) is 6.35. The van der Waals surface area contributed by atoms with E-state index in [2.05, 4.69) is 17.2 Å². The molecule has 0 saturated heterocycles. The third kappa shape index (κ3) is 2.72. The zero-order valence-corrected chi connectivity index (χ0v) is 7.86. The van der Waals surface area contributed by atoms with Crippen LogP contribution in [0.3, 0.4) is 0 Å². The van der Waals surface area contributed by atoms with Gasteiger partial charge in [0.1, 0.15) is 0 Å². The number of hydrogen-bond acceptors (Lipinski definition) is 2. The number of hydrogen-bond donors (Lipinski definition) is 1. The van der Waals surface area contributed by atoms with Gasteiger partial charge in [-0.1, -0.05) is 23.2 Å². The van der Waals surface area contributed by atoms with E-state index in [1.807, 2.05) is 12.1 Å². The molecule has 0 aliphatic carbocycles. The van der Waals surface area contributed by atoms with E-state index in [4.69, 9.17) is 23.2 Å². The molecule has 0 heterocycles. The number of nitrogens with zero attached hydrogens (tertiary/aromatic N) is 1. The van der Waals surface area contributed by atoms with Crippen molar-refractivity contribution in [1.82, 2.24) is 5.43 Å². The Bertz CT molecular complexity index is 266. The van der Waals surface area contributed by atoms with E-state index < -0.39 is 0 Å². The summed E-state index contributed by atoms with van der Waals surface area (Å²) in [4.78, 5) is 0. The fourth-order valence-electron chi connectivity index (χ4n) is 0.860. The summed E-state index contributed by atoms with van der Waals surface area (Å²) in [5.74, 6) is 0. The number of halogens is 2. The first-order chi connectivity index (χ1) is 5.72. The quantitative estimate of drug-likeness (QED) is 0.592. The van der Waals surface area contributed by atoms with Gasteiger partial charge < -0.3 is 5.43 Å². The lowest BCUT2D eigenvalue weighted by atomic mass is 10.2. The second kappa shape index (κ2) is 4.33. The van der Waals surface area contributed by atoms with Crippen LogP contribution in [0.5, 0.6) is 0 Å². The number of hydrazone groups is 1. The van der Waals surface area contributed by atoms with Gasteiger partial charge in [-0.3, -0.25) is 0 Å². The SMILES string of the molecule is C=NNCc1cc(Cl)cc(Cl)c1. The summed E-state index contributed by atoms with van der Waals surface area (Å²) in [7, 11) is 0. The first kappa shape index (κ1) is 9.36. The molecular weight excluding hydrogens is 195 g/mol. The molecule has 0 spiro atoms. The van der Waals surface area contributed by atoms with Gasteiger partial charge in [0.05, 0.1) is 6.54 Å². The lowest BCUT2D eigenvalue weighted by Crippen LogP contribution is -2.03. The highest BCUT2D eigenvalue weighted by molar-refractivity contribution is 6.34. The summed E-state index contributed by atoms with van der Waals surface area (Å²) in [6, 6.07) is 5.34. The Morgan fingerprint density at radius 1 is 1.25 bits per heavy atom. The van der Waals surface area contributed by atoms with E-state index in [1.165, 1.54) is 0 Å². The van der Waals surface area contributed by atoms with Gasteiger partial charge >= 0.3 is 0 Å². The Kier molecular flexibility index (Phi) is 3.38. The smallest absolute Gasteiger partial charge is 0.0580 e. The molecule has 64 valence electrons. The monoisotopic (exact) mass is 202 g/mol. The molecule has 1 rings (SSSR count). The molecule has 1 aromatic rings. The van der Waals surface area contributed by atoms with E-state index in [9.17, 15) is 0 Å². The van der Waals surface area contributed by atoms with Crippen LogP contribution in [-0.4, -0.2) is 6.72 Å². The molecule has 0 fully saturated rings. The normalized spacial score (nSPS) is 9.50. The molecule has 0 aliphatic rings. The van der Waals surface area contributed by atoms with Crippen LogP contribution in [0.15, 0.2) is 23.3 Å². The van der Waals surface area contributed by atoms with E-state index >= 15 is 0 Å². The minimum atomic E-state index is 0.587.